The van der Waals surface area contributed by atoms with Gasteiger partial charge in [0.1, 0.15) is 5.70 Å². The lowest BCUT2D eigenvalue weighted by molar-refractivity contribution is -0.120. The smallest absolute Gasteiger partial charge is 0.282 e. The molecule has 1 atom stereocenters. The van der Waals surface area contributed by atoms with Crippen molar-refractivity contribution in [2.45, 2.75) is 26.7 Å². The molecule has 0 N–H and O–H groups in total. The Morgan fingerprint density at radius 1 is 0.926 bits per heavy atom. The molecule has 2 aromatic rings. The predicted octanol–water partition coefficient (Wildman–Crippen LogP) is 4.01. The van der Waals surface area contributed by atoms with Crippen LogP contribution in [-0.4, -0.2) is 29.8 Å². The molecule has 0 radical (unpaired) electrons. The molecule has 2 heterocycles. The van der Waals surface area contributed by atoms with Crippen molar-refractivity contribution in [2.75, 3.05) is 18.0 Å². The summed E-state index contributed by atoms with van der Waals surface area (Å²) in [4.78, 5) is 30.2. The van der Waals surface area contributed by atoms with Gasteiger partial charge in [-0.05, 0) is 43.4 Å². The Hall–Kier alpha value is -2.88. The molecule has 0 spiro atoms. The number of carbonyl (C=O) groups excluding carboxylic acids is 2. The Labute approximate surface area is 160 Å². The Balaban J connectivity index is 1.83. The SMILES string of the molecule is Cc1ccc(C2=C(N3CCCC(C)C3)C(=O)N(c3ccccc3)C2=O)cc1. The number of piperidine rings is 1. The van der Waals surface area contributed by atoms with Crippen molar-refractivity contribution in [2.24, 2.45) is 5.92 Å². The van der Waals surface area contributed by atoms with Crippen LogP contribution in [0.4, 0.5) is 5.69 Å². The fourth-order valence-electron chi connectivity index (χ4n) is 4.00. The standard InChI is InChI=1S/C23H24N2O2/c1-16-10-12-18(13-11-16)20-21(24-14-6-7-17(2)15-24)23(27)25(22(20)26)19-8-4-3-5-9-19/h3-5,8-13,17H,6-7,14-15H2,1-2H3. The van der Waals surface area contributed by atoms with Gasteiger partial charge in [0.2, 0.25) is 0 Å². The minimum absolute atomic E-state index is 0.212. The van der Waals surface area contributed by atoms with Gasteiger partial charge < -0.3 is 4.90 Å². The average Bonchev–Trinajstić information content (AvgIpc) is 2.93. The number of imide groups is 1. The molecule has 1 saturated heterocycles. The van der Waals surface area contributed by atoms with E-state index in [-0.39, 0.29) is 11.8 Å². The van der Waals surface area contributed by atoms with Crippen LogP contribution in [0.25, 0.3) is 5.57 Å². The molecule has 27 heavy (non-hydrogen) atoms. The van der Waals surface area contributed by atoms with Crippen LogP contribution in [0, 0.1) is 12.8 Å². The van der Waals surface area contributed by atoms with Gasteiger partial charge in [0.25, 0.3) is 11.8 Å². The largest absolute Gasteiger partial charge is 0.366 e. The van der Waals surface area contributed by atoms with Gasteiger partial charge in [-0.25, -0.2) is 4.90 Å². The molecule has 2 aliphatic heterocycles. The van der Waals surface area contributed by atoms with E-state index in [0.29, 0.717) is 22.9 Å². The zero-order valence-electron chi connectivity index (χ0n) is 15.8. The number of amides is 2. The average molecular weight is 360 g/mol. The highest BCUT2D eigenvalue weighted by Crippen LogP contribution is 2.36. The monoisotopic (exact) mass is 360 g/mol. The van der Waals surface area contributed by atoms with Gasteiger partial charge in [0.05, 0.1) is 11.3 Å². The summed E-state index contributed by atoms with van der Waals surface area (Å²) in [6, 6.07) is 17.1. The first-order chi connectivity index (χ1) is 13.1. The molecule has 2 amide bonds. The summed E-state index contributed by atoms with van der Waals surface area (Å²) in [6.07, 6.45) is 2.20. The lowest BCUT2D eigenvalue weighted by Gasteiger charge is -2.33. The van der Waals surface area contributed by atoms with E-state index in [4.69, 9.17) is 0 Å². The lowest BCUT2D eigenvalue weighted by atomic mass is 9.97. The summed E-state index contributed by atoms with van der Waals surface area (Å²) in [5.41, 5.74) is 3.64. The second-order valence-electron chi connectivity index (χ2n) is 7.56. The lowest BCUT2D eigenvalue weighted by Crippen LogP contribution is -2.39. The Kier molecular flexibility index (Phi) is 4.56. The zero-order chi connectivity index (χ0) is 19.0. The van der Waals surface area contributed by atoms with Gasteiger partial charge in [-0.2, -0.15) is 0 Å². The molecule has 4 nitrogen and oxygen atoms in total. The quantitative estimate of drug-likeness (QED) is 0.777. The third kappa shape index (κ3) is 3.16. The number of likely N-dealkylation sites (tertiary alicyclic amines) is 1. The number of hydrogen-bond acceptors (Lipinski definition) is 3. The molecule has 2 aliphatic rings. The van der Waals surface area contributed by atoms with E-state index in [1.54, 1.807) is 0 Å². The van der Waals surface area contributed by atoms with Crippen molar-refractivity contribution in [3.63, 3.8) is 0 Å². The third-order valence-corrected chi connectivity index (χ3v) is 5.39. The van der Waals surface area contributed by atoms with E-state index < -0.39 is 0 Å². The van der Waals surface area contributed by atoms with Crippen LogP contribution < -0.4 is 4.90 Å². The Morgan fingerprint density at radius 2 is 1.63 bits per heavy atom. The first-order valence-electron chi connectivity index (χ1n) is 9.56. The van der Waals surface area contributed by atoms with Crippen LogP contribution in [0.2, 0.25) is 0 Å². The molecule has 0 saturated carbocycles. The summed E-state index contributed by atoms with van der Waals surface area (Å²) in [6.45, 7) is 5.85. The van der Waals surface area contributed by atoms with Crippen LogP contribution in [0.5, 0.6) is 0 Å². The minimum atomic E-state index is -0.233. The van der Waals surface area contributed by atoms with Crippen LogP contribution in [0.3, 0.4) is 0 Å². The predicted molar refractivity (Wildman–Crippen MR) is 107 cm³/mol. The van der Waals surface area contributed by atoms with Crippen molar-refractivity contribution >= 4 is 23.1 Å². The molecule has 0 bridgehead atoms. The summed E-state index contributed by atoms with van der Waals surface area (Å²) in [5, 5.41) is 0. The van der Waals surface area contributed by atoms with Crippen molar-refractivity contribution < 1.29 is 9.59 Å². The van der Waals surface area contributed by atoms with Crippen molar-refractivity contribution in [1.29, 1.82) is 0 Å². The van der Waals surface area contributed by atoms with Crippen molar-refractivity contribution in [1.82, 2.24) is 4.90 Å². The number of carbonyl (C=O) groups is 2. The first kappa shape index (κ1) is 17.5. The number of benzene rings is 2. The topological polar surface area (TPSA) is 40.6 Å². The second kappa shape index (κ2) is 7.03. The molecular formula is C23H24N2O2. The normalized spacial score (nSPS) is 20.6. The maximum Gasteiger partial charge on any atom is 0.282 e. The van der Waals surface area contributed by atoms with E-state index in [0.717, 1.165) is 37.1 Å². The van der Waals surface area contributed by atoms with E-state index in [2.05, 4.69) is 11.8 Å². The number of anilines is 1. The van der Waals surface area contributed by atoms with E-state index in [9.17, 15) is 9.59 Å². The fraction of sp³-hybridized carbons (Fsp3) is 0.304. The van der Waals surface area contributed by atoms with Gasteiger partial charge >= 0.3 is 0 Å². The maximum absolute atomic E-state index is 13.4. The van der Waals surface area contributed by atoms with Crippen molar-refractivity contribution in [3.8, 4) is 0 Å². The van der Waals surface area contributed by atoms with Gasteiger partial charge in [0, 0.05) is 13.1 Å². The molecule has 1 fully saturated rings. The molecule has 2 aromatic carbocycles. The number of nitrogens with zero attached hydrogens (tertiary/aromatic N) is 2. The maximum atomic E-state index is 13.4. The van der Waals surface area contributed by atoms with Gasteiger partial charge in [-0.15, -0.1) is 0 Å². The van der Waals surface area contributed by atoms with Crippen molar-refractivity contribution in [3.05, 3.63) is 71.4 Å². The highest BCUT2D eigenvalue weighted by Gasteiger charge is 2.42. The first-order valence-corrected chi connectivity index (χ1v) is 9.56. The molecule has 138 valence electrons. The highest BCUT2D eigenvalue weighted by atomic mass is 16.2. The third-order valence-electron chi connectivity index (χ3n) is 5.39. The van der Waals surface area contributed by atoms with Gasteiger partial charge in [-0.1, -0.05) is 55.0 Å². The molecular weight excluding hydrogens is 336 g/mol. The molecule has 0 aromatic heterocycles. The number of hydrogen-bond donors (Lipinski definition) is 0. The van der Waals surface area contributed by atoms with Gasteiger partial charge in [-0.3, -0.25) is 9.59 Å². The summed E-state index contributed by atoms with van der Waals surface area (Å²) in [5.74, 6) is 0.0679. The van der Waals surface area contributed by atoms with Gasteiger partial charge in [0.15, 0.2) is 0 Å². The second-order valence-corrected chi connectivity index (χ2v) is 7.56. The van der Waals surface area contributed by atoms with E-state index in [1.807, 2.05) is 61.5 Å². The molecule has 1 unspecified atom stereocenters. The van der Waals surface area contributed by atoms with Crippen LogP contribution in [-0.2, 0) is 9.59 Å². The van der Waals surface area contributed by atoms with Crippen LogP contribution >= 0.6 is 0 Å². The summed E-state index contributed by atoms with van der Waals surface area (Å²) in [7, 11) is 0. The Morgan fingerprint density at radius 3 is 2.30 bits per heavy atom. The van der Waals surface area contributed by atoms with E-state index in [1.165, 1.54) is 4.90 Å². The number of para-hydroxylation sites is 1. The molecule has 4 rings (SSSR count). The highest BCUT2D eigenvalue weighted by molar-refractivity contribution is 6.45. The number of rotatable bonds is 3. The summed E-state index contributed by atoms with van der Waals surface area (Å²) >= 11 is 0. The summed E-state index contributed by atoms with van der Waals surface area (Å²) < 4.78 is 0. The molecule has 0 aliphatic carbocycles. The van der Waals surface area contributed by atoms with E-state index >= 15 is 0 Å². The van der Waals surface area contributed by atoms with Crippen LogP contribution in [0.15, 0.2) is 60.3 Å². The number of aryl methyl sites for hydroxylation is 1. The van der Waals surface area contributed by atoms with Crippen LogP contribution in [0.1, 0.15) is 30.9 Å². The Bertz CT molecular complexity index is 900. The zero-order valence-corrected chi connectivity index (χ0v) is 15.8. The minimum Gasteiger partial charge on any atom is -0.366 e. The molecule has 4 heteroatoms. The fourth-order valence-corrected chi connectivity index (χ4v) is 4.00.